The van der Waals surface area contributed by atoms with Crippen molar-refractivity contribution in [3.63, 3.8) is 0 Å². The number of nitrogens with one attached hydrogen (secondary N) is 2. The molecule has 0 radical (unpaired) electrons. The number of rotatable bonds is 8. The predicted molar refractivity (Wildman–Crippen MR) is 112 cm³/mol. The Morgan fingerprint density at radius 2 is 1.84 bits per heavy atom. The number of nitro groups is 1. The van der Waals surface area contributed by atoms with Crippen LogP contribution in [-0.2, 0) is 14.3 Å². The van der Waals surface area contributed by atoms with Gasteiger partial charge in [-0.3, -0.25) is 19.7 Å². The third kappa shape index (κ3) is 6.41. The minimum absolute atomic E-state index is 0.00712. The molecule has 31 heavy (non-hydrogen) atoms. The number of carbonyl (C=O) groups is 3. The Morgan fingerprint density at radius 3 is 2.48 bits per heavy atom. The third-order valence-corrected chi connectivity index (χ3v) is 4.34. The highest BCUT2D eigenvalue weighted by Crippen LogP contribution is 2.27. The van der Waals surface area contributed by atoms with Crippen LogP contribution in [0.1, 0.15) is 24.2 Å². The molecule has 0 saturated carbocycles. The largest absolute Gasteiger partial charge is 0.495 e. The van der Waals surface area contributed by atoms with Crippen molar-refractivity contribution in [3.05, 3.63) is 63.2 Å². The molecule has 164 valence electrons. The standard InChI is InChI=1S/C20H20ClN3O7/c1-11(22-19(26)13-5-4-6-15(9-13)24(28)29)20(27)31-12(2)18(25)23-16-10-14(21)7-8-17(16)30-3/h4-12H,1-3H3,(H,22,26)(H,23,25)/t11-,12?/m0/s1. The number of benzene rings is 2. The molecule has 1 unspecified atom stereocenters. The van der Waals surface area contributed by atoms with Gasteiger partial charge in [0.25, 0.3) is 17.5 Å². The van der Waals surface area contributed by atoms with Gasteiger partial charge in [0.2, 0.25) is 0 Å². The quantitative estimate of drug-likeness (QED) is 0.359. The highest BCUT2D eigenvalue weighted by Gasteiger charge is 2.24. The molecule has 0 aliphatic rings. The molecular formula is C20H20ClN3O7. The van der Waals surface area contributed by atoms with Crippen LogP contribution in [0, 0.1) is 10.1 Å². The van der Waals surface area contributed by atoms with Crippen LogP contribution in [0.3, 0.4) is 0 Å². The van der Waals surface area contributed by atoms with Gasteiger partial charge in [0.05, 0.1) is 17.7 Å². The number of nitro benzene ring substituents is 1. The first-order valence-electron chi connectivity index (χ1n) is 9.02. The molecule has 0 heterocycles. The maximum atomic E-state index is 12.4. The van der Waals surface area contributed by atoms with E-state index < -0.39 is 34.9 Å². The fourth-order valence-corrected chi connectivity index (χ4v) is 2.61. The number of amides is 2. The zero-order valence-corrected chi connectivity index (χ0v) is 17.6. The van der Waals surface area contributed by atoms with E-state index in [9.17, 15) is 24.5 Å². The van der Waals surface area contributed by atoms with Crippen molar-refractivity contribution in [3.8, 4) is 5.75 Å². The summed E-state index contributed by atoms with van der Waals surface area (Å²) in [5.74, 6) is -1.83. The summed E-state index contributed by atoms with van der Waals surface area (Å²) in [6, 6.07) is 8.58. The van der Waals surface area contributed by atoms with Crippen LogP contribution in [0.15, 0.2) is 42.5 Å². The number of hydrogen-bond donors (Lipinski definition) is 2. The SMILES string of the molecule is COc1ccc(Cl)cc1NC(=O)C(C)OC(=O)[C@H](C)NC(=O)c1cccc([N+](=O)[O-])c1. The average molecular weight is 450 g/mol. The first-order valence-corrected chi connectivity index (χ1v) is 9.40. The van der Waals surface area contributed by atoms with Gasteiger partial charge >= 0.3 is 5.97 Å². The number of nitrogens with zero attached hydrogens (tertiary/aromatic N) is 1. The van der Waals surface area contributed by atoms with E-state index in [-0.39, 0.29) is 11.3 Å². The second-order valence-corrected chi connectivity index (χ2v) is 6.85. The number of halogens is 1. The van der Waals surface area contributed by atoms with Crippen LogP contribution >= 0.6 is 11.6 Å². The van der Waals surface area contributed by atoms with E-state index in [1.165, 1.54) is 45.2 Å². The molecule has 0 spiro atoms. The molecule has 0 aromatic heterocycles. The molecule has 11 heteroatoms. The van der Waals surface area contributed by atoms with Crippen LogP contribution in [0.4, 0.5) is 11.4 Å². The summed E-state index contributed by atoms with van der Waals surface area (Å²) in [6.07, 6.45) is -1.19. The lowest BCUT2D eigenvalue weighted by molar-refractivity contribution is -0.384. The Morgan fingerprint density at radius 1 is 1.13 bits per heavy atom. The number of esters is 1. The van der Waals surface area contributed by atoms with Gasteiger partial charge in [0, 0.05) is 22.7 Å². The summed E-state index contributed by atoms with van der Waals surface area (Å²) >= 11 is 5.92. The van der Waals surface area contributed by atoms with Crippen molar-refractivity contribution < 1.29 is 28.8 Å². The van der Waals surface area contributed by atoms with E-state index in [0.29, 0.717) is 16.5 Å². The topological polar surface area (TPSA) is 137 Å². The zero-order valence-electron chi connectivity index (χ0n) is 16.9. The van der Waals surface area contributed by atoms with Gasteiger partial charge in [-0.15, -0.1) is 0 Å². The van der Waals surface area contributed by atoms with Crippen molar-refractivity contribution in [2.75, 3.05) is 12.4 Å². The minimum Gasteiger partial charge on any atom is -0.495 e. The fourth-order valence-electron chi connectivity index (χ4n) is 2.44. The summed E-state index contributed by atoms with van der Waals surface area (Å²) in [6.45, 7) is 2.72. The predicted octanol–water partition coefficient (Wildman–Crippen LogP) is 2.95. The van der Waals surface area contributed by atoms with Crippen LogP contribution in [0.5, 0.6) is 5.75 Å². The molecule has 10 nitrogen and oxygen atoms in total. The van der Waals surface area contributed by atoms with Gasteiger partial charge in [0.1, 0.15) is 11.8 Å². The Bertz CT molecular complexity index is 1010. The van der Waals surface area contributed by atoms with Gasteiger partial charge < -0.3 is 20.1 Å². The van der Waals surface area contributed by atoms with Crippen molar-refractivity contribution in [1.82, 2.24) is 5.32 Å². The smallest absolute Gasteiger partial charge is 0.329 e. The first kappa shape index (κ1) is 23.6. The summed E-state index contributed by atoms with van der Waals surface area (Å²) < 4.78 is 10.2. The number of methoxy groups -OCH3 is 1. The van der Waals surface area contributed by atoms with E-state index >= 15 is 0 Å². The van der Waals surface area contributed by atoms with Crippen LogP contribution < -0.4 is 15.4 Å². The van der Waals surface area contributed by atoms with Gasteiger partial charge in [0.15, 0.2) is 6.10 Å². The van der Waals surface area contributed by atoms with E-state index in [1.807, 2.05) is 0 Å². The molecule has 0 fully saturated rings. The van der Waals surface area contributed by atoms with E-state index in [2.05, 4.69) is 10.6 Å². The molecular weight excluding hydrogens is 430 g/mol. The zero-order chi connectivity index (χ0) is 23.1. The maximum Gasteiger partial charge on any atom is 0.329 e. The van der Waals surface area contributed by atoms with Gasteiger partial charge in [-0.2, -0.15) is 0 Å². The first-order chi connectivity index (χ1) is 14.6. The molecule has 0 aliphatic carbocycles. The van der Waals surface area contributed by atoms with E-state index in [0.717, 1.165) is 6.07 Å². The number of hydrogen-bond acceptors (Lipinski definition) is 7. The second-order valence-electron chi connectivity index (χ2n) is 6.42. The third-order valence-electron chi connectivity index (χ3n) is 4.10. The fraction of sp³-hybridized carbons (Fsp3) is 0.250. The van der Waals surface area contributed by atoms with Gasteiger partial charge in [-0.25, -0.2) is 4.79 Å². The molecule has 0 bridgehead atoms. The lowest BCUT2D eigenvalue weighted by atomic mass is 10.2. The Labute approximate surface area is 182 Å². The molecule has 2 rings (SSSR count). The van der Waals surface area contributed by atoms with Crippen molar-refractivity contribution in [2.24, 2.45) is 0 Å². The number of anilines is 1. The average Bonchev–Trinajstić information content (AvgIpc) is 2.73. The Hall–Kier alpha value is -3.66. The van der Waals surface area contributed by atoms with Crippen LogP contribution in [0.2, 0.25) is 5.02 Å². The molecule has 0 aliphatic heterocycles. The van der Waals surface area contributed by atoms with Gasteiger partial charge in [-0.05, 0) is 38.1 Å². The summed E-state index contributed by atoms with van der Waals surface area (Å²) in [5, 5.41) is 16.1. The van der Waals surface area contributed by atoms with Crippen LogP contribution in [0.25, 0.3) is 0 Å². The highest BCUT2D eigenvalue weighted by atomic mass is 35.5. The normalized spacial score (nSPS) is 12.3. The molecule has 2 amide bonds. The monoisotopic (exact) mass is 449 g/mol. The molecule has 2 aromatic carbocycles. The van der Waals surface area contributed by atoms with Crippen molar-refractivity contribution in [2.45, 2.75) is 26.0 Å². The van der Waals surface area contributed by atoms with E-state index in [1.54, 1.807) is 12.1 Å². The highest BCUT2D eigenvalue weighted by molar-refractivity contribution is 6.31. The molecule has 2 atom stereocenters. The van der Waals surface area contributed by atoms with Gasteiger partial charge in [-0.1, -0.05) is 17.7 Å². The minimum atomic E-state index is -1.19. The summed E-state index contributed by atoms with van der Waals surface area (Å²) in [5.41, 5.74) is 0.0484. The lowest BCUT2D eigenvalue weighted by Gasteiger charge is -2.18. The van der Waals surface area contributed by atoms with E-state index in [4.69, 9.17) is 21.1 Å². The number of carbonyl (C=O) groups excluding carboxylic acids is 3. The maximum absolute atomic E-state index is 12.4. The Balaban J connectivity index is 1.96. The lowest BCUT2D eigenvalue weighted by Crippen LogP contribution is -2.42. The molecule has 2 aromatic rings. The summed E-state index contributed by atoms with van der Waals surface area (Å²) in [4.78, 5) is 47.1. The molecule has 2 N–H and O–H groups in total. The Kier molecular flexibility index (Phi) is 7.92. The van der Waals surface area contributed by atoms with Crippen molar-refractivity contribution in [1.29, 1.82) is 0 Å². The van der Waals surface area contributed by atoms with Crippen LogP contribution in [-0.4, -0.2) is 42.0 Å². The number of ether oxygens (including phenoxy) is 2. The molecule has 0 saturated heterocycles. The number of non-ortho nitro benzene ring substituents is 1. The van der Waals surface area contributed by atoms with Crippen molar-refractivity contribution >= 4 is 40.8 Å². The second kappa shape index (κ2) is 10.4. The summed E-state index contributed by atoms with van der Waals surface area (Å²) in [7, 11) is 1.42.